The normalized spacial score (nSPS) is 45.2. The van der Waals surface area contributed by atoms with E-state index in [1.807, 2.05) is 0 Å². The molecule has 0 aromatic rings. The van der Waals surface area contributed by atoms with Crippen LogP contribution >= 0.6 is 0 Å². The maximum Gasteiger partial charge on any atom is 1.00 e. The van der Waals surface area contributed by atoms with Crippen LogP contribution in [0.4, 0.5) is 0 Å². The average Bonchev–Trinajstić information content (AvgIpc) is 3.27. The summed E-state index contributed by atoms with van der Waals surface area (Å²) in [5.41, 5.74) is 0. The maximum atomic E-state index is 12.5. The van der Waals surface area contributed by atoms with Gasteiger partial charge >= 0.3 is 65.1 Å². The molecule has 5 rings (SSSR count). The third-order valence-corrected chi connectivity index (χ3v) is 11.7. The summed E-state index contributed by atoms with van der Waals surface area (Å²) in [5.74, 6) is -7.84. The zero-order valence-corrected chi connectivity index (χ0v) is 41.1. The van der Waals surface area contributed by atoms with E-state index in [1.54, 1.807) is 0 Å². The van der Waals surface area contributed by atoms with E-state index in [2.05, 4.69) is 5.32 Å². The van der Waals surface area contributed by atoms with Gasteiger partial charge in [0.05, 0.1) is 44.5 Å². The molecule has 69 heavy (non-hydrogen) atoms. The molecule has 5 saturated heterocycles. The van der Waals surface area contributed by atoms with Gasteiger partial charge in [-0.3, -0.25) is 4.79 Å². The molecule has 5 heterocycles. The van der Waals surface area contributed by atoms with Gasteiger partial charge in [-0.05, 0) is 0 Å². The second-order valence-corrected chi connectivity index (χ2v) is 16.2. The number of aliphatic carboxylic acids is 3. The number of rotatable bonds is 18. The van der Waals surface area contributed by atoms with Crippen molar-refractivity contribution in [3.05, 3.63) is 0 Å². The Morgan fingerprint density at radius 2 is 0.942 bits per heavy atom. The first kappa shape index (κ1) is 62.3. The van der Waals surface area contributed by atoms with Crippen LogP contribution in [-0.2, 0) is 66.5 Å². The van der Waals surface area contributed by atoms with Crippen molar-refractivity contribution in [2.24, 2.45) is 5.92 Å². The van der Waals surface area contributed by atoms with E-state index in [0.717, 1.165) is 6.92 Å². The molecule has 0 aliphatic carbocycles. The number of aliphatic hydroxyl groups is 13. The molecule has 0 saturated carbocycles. The van der Waals surface area contributed by atoms with Crippen LogP contribution in [0, 0.1) is 5.92 Å². The van der Waals surface area contributed by atoms with Gasteiger partial charge in [0.25, 0.3) is 0 Å². The van der Waals surface area contributed by atoms with Gasteiger partial charge in [-0.15, -0.1) is 0 Å². The number of nitrogens with one attached hydrogen (secondary N) is 1. The van der Waals surface area contributed by atoms with E-state index in [-0.39, 0.29) is 59.1 Å². The van der Waals surface area contributed by atoms with Gasteiger partial charge in [0.1, 0.15) is 110 Å². The van der Waals surface area contributed by atoms with Crippen LogP contribution < -0.4 is 74.6 Å². The standard InChI is InChI=1S/C36H57NO30.2Na/c1-7-14(43)19(48)33(62-23(7)30(54)55)63-24-11(5-40)60-32(13(17(24)46)37-8(2)42)66-27-18(47)20(49)34(67-28(27)31(56)57)64-26-16(45)10(4-39)59-36(22(26)51)65-25-15(44)9(3-38)58-35(21(25)50)61-12(6-41)29(52)53;;/h7,9-28,32-36,38-41,43-51H,3-6H2,1-2H3,(H,37,42)(H,52,53)(H,54,55)(H,56,57);;/q;2*+1/p-2. The number of carbonyl (C=O) groups is 4. The summed E-state index contributed by atoms with van der Waals surface area (Å²) < 4.78 is 54.3. The van der Waals surface area contributed by atoms with Gasteiger partial charge in [0, 0.05) is 12.8 Å². The van der Waals surface area contributed by atoms with Gasteiger partial charge in [-0.1, -0.05) is 6.92 Å². The van der Waals surface area contributed by atoms with Crippen LogP contribution in [0.1, 0.15) is 13.8 Å². The second-order valence-electron chi connectivity index (χ2n) is 16.2. The molecule has 0 aromatic heterocycles. The van der Waals surface area contributed by atoms with E-state index < -0.39 is 210 Å². The molecule has 5 aliphatic heterocycles. The van der Waals surface area contributed by atoms with E-state index in [4.69, 9.17) is 47.4 Å². The van der Waals surface area contributed by atoms with Crippen LogP contribution in [0.2, 0.25) is 0 Å². The van der Waals surface area contributed by atoms with Crippen LogP contribution in [0.15, 0.2) is 0 Å². The van der Waals surface area contributed by atoms with Crippen molar-refractivity contribution in [2.45, 2.75) is 167 Å². The summed E-state index contributed by atoms with van der Waals surface area (Å²) in [6.45, 7) is -2.13. The summed E-state index contributed by atoms with van der Waals surface area (Å²) in [6.07, 6.45) is -50.0. The maximum absolute atomic E-state index is 12.5. The third kappa shape index (κ3) is 13.8. The average molecular weight is 1030 g/mol. The second kappa shape index (κ2) is 27.0. The Labute approximate surface area is 433 Å². The third-order valence-electron chi connectivity index (χ3n) is 11.7. The molecular weight excluding hydrogens is 972 g/mol. The van der Waals surface area contributed by atoms with Gasteiger partial charge < -0.3 is 144 Å². The molecule has 0 bridgehead atoms. The number of aliphatic hydroxyl groups excluding tert-OH is 13. The SMILES string of the molecule is CC(=O)NC1C(OC2C(C(=O)[O-])OC(OC3C(O)C(CO)OC(OC4C(O)C(CO)OC(OC(CO)C(=O)O)C4O)C3O)C(O)C2O)OC(CO)C(OC2OC(C(=O)[O-])C(C)C(O)C2O)C1O.[Na+].[Na+]. The van der Waals surface area contributed by atoms with Crippen LogP contribution in [0.25, 0.3) is 0 Å². The Morgan fingerprint density at radius 1 is 0.522 bits per heavy atom. The van der Waals surface area contributed by atoms with Crippen LogP contribution in [-0.4, -0.2) is 275 Å². The summed E-state index contributed by atoms with van der Waals surface area (Å²) in [4.78, 5) is 48.0. The summed E-state index contributed by atoms with van der Waals surface area (Å²) in [7, 11) is 0. The molecule has 0 aromatic carbocycles. The fourth-order valence-electron chi connectivity index (χ4n) is 8.03. The fourth-order valence-corrected chi connectivity index (χ4v) is 8.03. The Bertz CT molecular complexity index is 1680. The van der Waals surface area contributed by atoms with Crippen molar-refractivity contribution in [3.8, 4) is 0 Å². The van der Waals surface area contributed by atoms with E-state index in [0.29, 0.717) is 0 Å². The first-order valence-corrected chi connectivity index (χ1v) is 20.5. The van der Waals surface area contributed by atoms with Gasteiger partial charge in [0.15, 0.2) is 37.6 Å². The van der Waals surface area contributed by atoms with E-state index in [9.17, 15) is 101 Å². The number of carbonyl (C=O) groups excluding carboxylic acids is 3. The largest absolute Gasteiger partial charge is 1.00 e. The van der Waals surface area contributed by atoms with Crippen molar-refractivity contribution in [3.63, 3.8) is 0 Å². The van der Waals surface area contributed by atoms with Gasteiger partial charge in [-0.2, -0.15) is 0 Å². The topological polar surface area (TPSA) is 502 Å². The minimum absolute atomic E-state index is 0. The molecule has 33 heteroatoms. The Hall–Kier alpha value is -1.04. The fraction of sp³-hybridized carbons (Fsp3) is 0.889. The summed E-state index contributed by atoms with van der Waals surface area (Å²) >= 11 is 0. The number of carboxylic acid groups (broad SMARTS) is 3. The summed E-state index contributed by atoms with van der Waals surface area (Å²) in [6, 6.07) is -1.86. The molecule has 1 amide bonds. The van der Waals surface area contributed by atoms with Crippen LogP contribution in [0.3, 0.4) is 0 Å². The van der Waals surface area contributed by atoms with Crippen molar-refractivity contribution in [2.75, 3.05) is 26.4 Å². The van der Waals surface area contributed by atoms with Crippen molar-refractivity contribution < 1.29 is 207 Å². The smallest absolute Gasteiger partial charge is 0.547 e. The molecule has 0 spiro atoms. The van der Waals surface area contributed by atoms with Crippen molar-refractivity contribution >= 4 is 23.8 Å². The molecule has 31 nitrogen and oxygen atoms in total. The molecule has 26 atom stereocenters. The van der Waals surface area contributed by atoms with Gasteiger partial charge in [-0.25, -0.2) is 4.79 Å². The first-order chi connectivity index (χ1) is 31.5. The number of amides is 1. The van der Waals surface area contributed by atoms with Crippen molar-refractivity contribution in [1.82, 2.24) is 5.32 Å². The number of hydrogen-bond acceptors (Lipinski definition) is 29. The molecule has 5 aliphatic rings. The molecule has 15 N–H and O–H groups in total. The molecule has 5 fully saturated rings. The number of carboxylic acids is 3. The Morgan fingerprint density at radius 3 is 1.41 bits per heavy atom. The molecule has 0 radical (unpaired) electrons. The van der Waals surface area contributed by atoms with E-state index >= 15 is 0 Å². The quantitative estimate of drug-likeness (QED) is 0.0567. The molecule has 26 unspecified atom stereocenters. The zero-order chi connectivity index (χ0) is 49.9. The Balaban J connectivity index is 0.00000630. The predicted octanol–water partition coefficient (Wildman–Crippen LogP) is -19.5. The van der Waals surface area contributed by atoms with Crippen molar-refractivity contribution in [1.29, 1.82) is 0 Å². The van der Waals surface area contributed by atoms with Gasteiger partial charge in [0.2, 0.25) is 5.91 Å². The summed E-state index contributed by atoms with van der Waals surface area (Å²) in [5, 5.41) is 174. The molecule has 386 valence electrons. The first-order valence-electron chi connectivity index (χ1n) is 20.5. The number of hydrogen-bond donors (Lipinski definition) is 15. The van der Waals surface area contributed by atoms with E-state index in [1.165, 1.54) is 6.92 Å². The predicted molar refractivity (Wildman–Crippen MR) is 194 cm³/mol. The zero-order valence-electron chi connectivity index (χ0n) is 37.1. The monoisotopic (exact) mass is 1030 g/mol. The minimum Gasteiger partial charge on any atom is -0.547 e. The Kier molecular flexibility index (Phi) is 24.3. The molecular formula is C36H55NNa2O30. The minimum atomic E-state index is -2.53. The number of ether oxygens (including phenoxy) is 10. The van der Waals surface area contributed by atoms with Crippen LogP contribution in [0.5, 0.6) is 0 Å².